The summed E-state index contributed by atoms with van der Waals surface area (Å²) in [7, 11) is 2.16. The second kappa shape index (κ2) is 8.89. The van der Waals surface area contributed by atoms with Crippen LogP contribution in [0.25, 0.3) is 6.08 Å². The van der Waals surface area contributed by atoms with Gasteiger partial charge in [-0.05, 0) is 30.2 Å². The van der Waals surface area contributed by atoms with Gasteiger partial charge in [0.05, 0.1) is 11.5 Å². The minimum absolute atomic E-state index is 0.0446. The SMILES string of the molecule is CN(C)c1ccc(/C=C(\C#N)C(=O)OCC(=O)N(C)[C@H]2CCS(=O)(=O)C2)cc1. The third kappa shape index (κ3) is 5.57. The molecule has 1 saturated heterocycles. The van der Waals surface area contributed by atoms with E-state index in [2.05, 4.69) is 0 Å². The van der Waals surface area contributed by atoms with E-state index in [-0.39, 0.29) is 17.1 Å². The van der Waals surface area contributed by atoms with Crippen LogP contribution < -0.4 is 4.90 Å². The largest absolute Gasteiger partial charge is 0.451 e. The fourth-order valence-electron chi connectivity index (χ4n) is 2.76. The van der Waals surface area contributed by atoms with Crippen LogP contribution >= 0.6 is 0 Å². The lowest BCUT2D eigenvalue weighted by atomic mass is 10.1. The fourth-order valence-corrected chi connectivity index (χ4v) is 4.54. The van der Waals surface area contributed by atoms with E-state index >= 15 is 0 Å². The second-order valence-corrected chi connectivity index (χ2v) is 9.02. The molecule has 1 amide bonds. The van der Waals surface area contributed by atoms with Crippen molar-refractivity contribution in [2.24, 2.45) is 0 Å². The summed E-state index contributed by atoms with van der Waals surface area (Å²) in [4.78, 5) is 27.5. The molecule has 1 aromatic carbocycles. The first kappa shape index (κ1) is 21.4. The molecular weight excluding hydrogens is 382 g/mol. The number of carbonyl (C=O) groups excluding carboxylic acids is 2. The predicted octanol–water partition coefficient (Wildman–Crippen LogP) is 0.848. The first-order chi connectivity index (χ1) is 13.1. The minimum atomic E-state index is -3.12. The topological polar surface area (TPSA) is 108 Å². The van der Waals surface area contributed by atoms with Crippen LogP contribution in [-0.4, -0.2) is 70.5 Å². The Labute approximate surface area is 164 Å². The number of amides is 1. The molecule has 1 heterocycles. The average molecular weight is 405 g/mol. The third-order valence-corrected chi connectivity index (χ3v) is 6.29. The lowest BCUT2D eigenvalue weighted by Gasteiger charge is -2.23. The molecule has 0 aromatic heterocycles. The molecule has 0 radical (unpaired) electrons. The summed E-state index contributed by atoms with van der Waals surface area (Å²) in [5, 5.41) is 9.22. The number of hydrogen-bond acceptors (Lipinski definition) is 7. The molecule has 2 rings (SSSR count). The zero-order valence-electron chi connectivity index (χ0n) is 16.1. The van der Waals surface area contributed by atoms with Gasteiger partial charge in [0, 0.05) is 32.9 Å². The number of likely N-dealkylation sites (N-methyl/N-ethyl adjacent to an activating group) is 1. The molecule has 1 fully saturated rings. The fraction of sp³-hybridized carbons (Fsp3) is 0.421. The number of benzene rings is 1. The molecule has 28 heavy (non-hydrogen) atoms. The number of esters is 1. The normalized spacial score (nSPS) is 18.2. The van der Waals surface area contributed by atoms with Crippen molar-refractivity contribution in [1.29, 1.82) is 5.26 Å². The maximum atomic E-state index is 12.2. The van der Waals surface area contributed by atoms with E-state index in [0.29, 0.717) is 12.0 Å². The van der Waals surface area contributed by atoms with Gasteiger partial charge in [0.25, 0.3) is 5.91 Å². The molecule has 0 bridgehead atoms. The van der Waals surface area contributed by atoms with Crippen molar-refractivity contribution in [1.82, 2.24) is 4.90 Å². The van der Waals surface area contributed by atoms with Crippen molar-refractivity contribution in [2.45, 2.75) is 12.5 Å². The zero-order chi connectivity index (χ0) is 20.9. The Morgan fingerprint density at radius 3 is 2.39 bits per heavy atom. The van der Waals surface area contributed by atoms with Gasteiger partial charge in [-0.3, -0.25) is 4.79 Å². The number of hydrogen-bond donors (Lipinski definition) is 0. The number of nitrogens with zero attached hydrogens (tertiary/aromatic N) is 3. The molecule has 1 aliphatic rings. The number of sulfone groups is 1. The number of anilines is 1. The van der Waals surface area contributed by atoms with Crippen LogP contribution in [0.1, 0.15) is 12.0 Å². The monoisotopic (exact) mass is 405 g/mol. The Morgan fingerprint density at radius 2 is 1.89 bits per heavy atom. The van der Waals surface area contributed by atoms with E-state index < -0.39 is 34.4 Å². The van der Waals surface area contributed by atoms with E-state index in [1.54, 1.807) is 18.2 Å². The molecule has 0 unspecified atom stereocenters. The van der Waals surface area contributed by atoms with Gasteiger partial charge in [-0.1, -0.05) is 12.1 Å². The molecular formula is C19H23N3O5S. The lowest BCUT2D eigenvalue weighted by molar-refractivity contribution is -0.148. The third-order valence-electron chi connectivity index (χ3n) is 4.54. The van der Waals surface area contributed by atoms with Crippen LogP contribution in [0, 0.1) is 11.3 Å². The highest BCUT2D eigenvalue weighted by atomic mass is 32.2. The molecule has 0 aliphatic carbocycles. The molecule has 1 aromatic rings. The van der Waals surface area contributed by atoms with Gasteiger partial charge < -0.3 is 14.5 Å². The van der Waals surface area contributed by atoms with Crippen molar-refractivity contribution in [3.63, 3.8) is 0 Å². The van der Waals surface area contributed by atoms with Gasteiger partial charge in [0.15, 0.2) is 16.4 Å². The molecule has 0 N–H and O–H groups in total. The van der Waals surface area contributed by atoms with Gasteiger partial charge in [0.1, 0.15) is 11.6 Å². The summed E-state index contributed by atoms with van der Waals surface area (Å²) < 4.78 is 28.0. The average Bonchev–Trinajstić information content (AvgIpc) is 3.03. The second-order valence-electron chi connectivity index (χ2n) is 6.79. The summed E-state index contributed by atoms with van der Waals surface area (Å²) in [5.41, 5.74) is 1.40. The highest BCUT2D eigenvalue weighted by molar-refractivity contribution is 7.91. The zero-order valence-corrected chi connectivity index (χ0v) is 16.9. The standard InChI is InChI=1S/C19H23N3O5S/c1-21(2)16-6-4-14(5-7-16)10-15(11-20)19(24)27-12-18(23)22(3)17-8-9-28(25,26)13-17/h4-7,10,17H,8-9,12-13H2,1-3H3/b15-10+/t17-/m0/s1. The first-order valence-corrected chi connectivity index (χ1v) is 10.5. The molecule has 0 saturated carbocycles. The van der Waals surface area contributed by atoms with E-state index in [0.717, 1.165) is 5.69 Å². The van der Waals surface area contributed by atoms with Gasteiger partial charge in [-0.2, -0.15) is 5.26 Å². The molecule has 150 valence electrons. The van der Waals surface area contributed by atoms with Crippen LogP contribution in [-0.2, 0) is 24.2 Å². The Morgan fingerprint density at radius 1 is 1.25 bits per heavy atom. The highest BCUT2D eigenvalue weighted by Gasteiger charge is 2.33. The Kier molecular flexibility index (Phi) is 6.80. The first-order valence-electron chi connectivity index (χ1n) is 8.65. The van der Waals surface area contributed by atoms with Crippen molar-refractivity contribution < 1.29 is 22.7 Å². The van der Waals surface area contributed by atoms with E-state index in [1.165, 1.54) is 18.0 Å². The molecule has 1 atom stereocenters. The predicted molar refractivity (Wildman–Crippen MR) is 105 cm³/mol. The van der Waals surface area contributed by atoms with Gasteiger partial charge in [-0.25, -0.2) is 13.2 Å². The summed E-state index contributed by atoms with van der Waals surface area (Å²) in [6, 6.07) is 8.58. The summed E-state index contributed by atoms with van der Waals surface area (Å²) in [6.45, 7) is -0.551. The smallest absolute Gasteiger partial charge is 0.349 e. The van der Waals surface area contributed by atoms with Crippen LogP contribution in [0.4, 0.5) is 5.69 Å². The Hall–Kier alpha value is -2.86. The Bertz CT molecular complexity index is 914. The number of nitriles is 1. The summed E-state index contributed by atoms with van der Waals surface area (Å²) in [5.74, 6) is -1.46. The molecule has 9 heteroatoms. The highest BCUT2D eigenvalue weighted by Crippen LogP contribution is 2.17. The van der Waals surface area contributed by atoms with E-state index in [9.17, 15) is 23.3 Å². The maximum Gasteiger partial charge on any atom is 0.349 e. The van der Waals surface area contributed by atoms with Crippen LogP contribution in [0.2, 0.25) is 0 Å². The quantitative estimate of drug-likeness (QED) is 0.392. The molecule has 1 aliphatic heterocycles. The molecule has 0 spiro atoms. The van der Waals surface area contributed by atoms with Crippen LogP contribution in [0.3, 0.4) is 0 Å². The number of ether oxygens (including phenoxy) is 1. The summed E-state index contributed by atoms with van der Waals surface area (Å²) >= 11 is 0. The van der Waals surface area contributed by atoms with Crippen molar-refractivity contribution in [2.75, 3.05) is 44.2 Å². The lowest BCUT2D eigenvalue weighted by Crippen LogP contribution is -2.40. The van der Waals surface area contributed by atoms with Crippen molar-refractivity contribution in [3.8, 4) is 6.07 Å². The number of carbonyl (C=O) groups is 2. The minimum Gasteiger partial charge on any atom is -0.451 e. The number of rotatable bonds is 6. The van der Waals surface area contributed by atoms with Crippen molar-refractivity contribution in [3.05, 3.63) is 35.4 Å². The van der Waals surface area contributed by atoms with Crippen LogP contribution in [0.5, 0.6) is 0 Å². The van der Waals surface area contributed by atoms with E-state index in [4.69, 9.17) is 4.74 Å². The molecule has 8 nitrogen and oxygen atoms in total. The summed E-state index contributed by atoms with van der Waals surface area (Å²) in [6.07, 6.45) is 1.75. The van der Waals surface area contributed by atoms with Gasteiger partial charge >= 0.3 is 5.97 Å². The van der Waals surface area contributed by atoms with Crippen molar-refractivity contribution >= 4 is 33.5 Å². The van der Waals surface area contributed by atoms with Gasteiger partial charge in [0.2, 0.25) is 0 Å². The maximum absolute atomic E-state index is 12.2. The van der Waals surface area contributed by atoms with E-state index in [1.807, 2.05) is 31.1 Å². The Balaban J connectivity index is 1.96. The van der Waals surface area contributed by atoms with Crippen LogP contribution in [0.15, 0.2) is 29.8 Å². The van der Waals surface area contributed by atoms with Gasteiger partial charge in [-0.15, -0.1) is 0 Å².